The van der Waals surface area contributed by atoms with E-state index in [4.69, 9.17) is 0 Å². The standard InChI is InChI=1S/C12H14N6S/c1-7-4-14-9(5-13-7)6-15-12-16-11-10(19-12)8(2)17-18(11)3/h4-5H,6H2,1-3H3,(H,15,16). The first-order valence-corrected chi connectivity index (χ1v) is 6.76. The number of hydrogen-bond acceptors (Lipinski definition) is 6. The van der Waals surface area contributed by atoms with Gasteiger partial charge >= 0.3 is 0 Å². The molecule has 3 rings (SSSR count). The highest BCUT2D eigenvalue weighted by Crippen LogP contribution is 2.28. The van der Waals surface area contributed by atoms with Crippen LogP contribution in [0.2, 0.25) is 0 Å². The first-order valence-electron chi connectivity index (χ1n) is 5.95. The lowest BCUT2D eigenvalue weighted by molar-refractivity contribution is 0.774. The average Bonchev–Trinajstić information content (AvgIpc) is 2.92. The monoisotopic (exact) mass is 274 g/mol. The van der Waals surface area contributed by atoms with Crippen LogP contribution >= 0.6 is 11.3 Å². The highest BCUT2D eigenvalue weighted by atomic mass is 32.1. The molecule has 0 saturated heterocycles. The predicted octanol–water partition coefficient (Wildman–Crippen LogP) is 2.05. The van der Waals surface area contributed by atoms with Crippen LogP contribution in [0.4, 0.5) is 5.13 Å². The molecule has 0 fully saturated rings. The molecule has 0 bridgehead atoms. The minimum Gasteiger partial charge on any atom is -0.356 e. The molecule has 6 nitrogen and oxygen atoms in total. The normalized spacial score (nSPS) is 11.1. The highest BCUT2D eigenvalue weighted by molar-refractivity contribution is 7.22. The summed E-state index contributed by atoms with van der Waals surface area (Å²) in [5.41, 5.74) is 3.75. The van der Waals surface area contributed by atoms with Gasteiger partial charge in [0.05, 0.1) is 34.5 Å². The molecule has 0 aromatic carbocycles. The Labute approximate surface area is 114 Å². The van der Waals surface area contributed by atoms with Crippen molar-refractivity contribution in [3.63, 3.8) is 0 Å². The summed E-state index contributed by atoms with van der Waals surface area (Å²) in [6.07, 6.45) is 3.55. The molecule has 98 valence electrons. The Kier molecular flexibility index (Phi) is 2.90. The van der Waals surface area contributed by atoms with Crippen molar-refractivity contribution in [3.05, 3.63) is 29.5 Å². The lowest BCUT2D eigenvalue weighted by Crippen LogP contribution is -2.02. The van der Waals surface area contributed by atoms with E-state index in [1.54, 1.807) is 28.4 Å². The number of hydrogen-bond donors (Lipinski definition) is 1. The molecule has 0 saturated carbocycles. The minimum atomic E-state index is 0.625. The predicted molar refractivity (Wildman–Crippen MR) is 75.2 cm³/mol. The van der Waals surface area contributed by atoms with Crippen LogP contribution in [0.25, 0.3) is 10.3 Å². The summed E-state index contributed by atoms with van der Waals surface area (Å²) in [6, 6.07) is 0. The second kappa shape index (κ2) is 4.58. The van der Waals surface area contributed by atoms with E-state index in [9.17, 15) is 0 Å². The van der Waals surface area contributed by atoms with Gasteiger partial charge in [0.15, 0.2) is 10.8 Å². The lowest BCUT2D eigenvalue weighted by Gasteiger charge is -2.01. The zero-order chi connectivity index (χ0) is 13.4. The number of thiazole rings is 1. The van der Waals surface area contributed by atoms with Crippen LogP contribution in [0, 0.1) is 13.8 Å². The van der Waals surface area contributed by atoms with Crippen LogP contribution in [-0.2, 0) is 13.6 Å². The molecule has 0 atom stereocenters. The maximum absolute atomic E-state index is 4.53. The van der Waals surface area contributed by atoms with E-state index < -0.39 is 0 Å². The van der Waals surface area contributed by atoms with Gasteiger partial charge in [0.1, 0.15) is 0 Å². The van der Waals surface area contributed by atoms with E-state index in [0.29, 0.717) is 6.54 Å². The van der Waals surface area contributed by atoms with Crippen molar-refractivity contribution in [1.82, 2.24) is 24.7 Å². The summed E-state index contributed by atoms with van der Waals surface area (Å²) in [5, 5.41) is 8.49. The fraction of sp³-hybridized carbons (Fsp3) is 0.333. The van der Waals surface area contributed by atoms with Gasteiger partial charge in [0.2, 0.25) is 0 Å². The van der Waals surface area contributed by atoms with E-state index in [2.05, 4.69) is 25.4 Å². The van der Waals surface area contributed by atoms with Crippen molar-refractivity contribution in [2.75, 3.05) is 5.32 Å². The Morgan fingerprint density at radius 1 is 1.26 bits per heavy atom. The van der Waals surface area contributed by atoms with Gasteiger partial charge in [0.25, 0.3) is 0 Å². The highest BCUT2D eigenvalue weighted by Gasteiger charge is 2.11. The molecule has 1 N–H and O–H groups in total. The topological polar surface area (TPSA) is 68.5 Å². The van der Waals surface area contributed by atoms with Crippen LogP contribution in [0.5, 0.6) is 0 Å². The van der Waals surface area contributed by atoms with Gasteiger partial charge in [-0.25, -0.2) is 9.67 Å². The molecule has 19 heavy (non-hydrogen) atoms. The zero-order valence-corrected chi connectivity index (χ0v) is 11.8. The van der Waals surface area contributed by atoms with Crippen molar-refractivity contribution >= 4 is 26.8 Å². The Hall–Kier alpha value is -2.02. The maximum Gasteiger partial charge on any atom is 0.185 e. The summed E-state index contributed by atoms with van der Waals surface area (Å²) >= 11 is 1.61. The number of nitrogens with zero attached hydrogens (tertiary/aromatic N) is 5. The molecule has 0 aliphatic carbocycles. The van der Waals surface area contributed by atoms with E-state index in [1.807, 2.05) is 20.9 Å². The molecule has 3 heterocycles. The van der Waals surface area contributed by atoms with Gasteiger partial charge in [-0.15, -0.1) is 0 Å². The Morgan fingerprint density at radius 2 is 2.11 bits per heavy atom. The van der Waals surface area contributed by atoms with Gasteiger partial charge in [-0.2, -0.15) is 5.10 Å². The van der Waals surface area contributed by atoms with Crippen molar-refractivity contribution in [1.29, 1.82) is 0 Å². The van der Waals surface area contributed by atoms with Gasteiger partial charge < -0.3 is 5.32 Å². The van der Waals surface area contributed by atoms with E-state index in [-0.39, 0.29) is 0 Å². The third-order valence-corrected chi connectivity index (χ3v) is 3.91. The summed E-state index contributed by atoms with van der Waals surface area (Å²) < 4.78 is 2.93. The van der Waals surface area contributed by atoms with Gasteiger partial charge in [-0.3, -0.25) is 9.97 Å². The second-order valence-corrected chi connectivity index (χ2v) is 5.38. The quantitative estimate of drug-likeness (QED) is 0.791. The zero-order valence-electron chi connectivity index (χ0n) is 11.0. The molecule has 3 aromatic rings. The molecular formula is C12H14N6S. The third kappa shape index (κ3) is 2.28. The summed E-state index contributed by atoms with van der Waals surface area (Å²) in [6.45, 7) is 4.54. The summed E-state index contributed by atoms with van der Waals surface area (Å²) in [4.78, 5) is 13.0. The van der Waals surface area contributed by atoms with E-state index in [1.165, 1.54) is 0 Å². The van der Waals surface area contributed by atoms with Gasteiger partial charge in [0, 0.05) is 13.2 Å². The van der Waals surface area contributed by atoms with Crippen molar-refractivity contribution in [2.24, 2.45) is 7.05 Å². The average molecular weight is 274 g/mol. The van der Waals surface area contributed by atoms with Crippen LogP contribution in [0.15, 0.2) is 12.4 Å². The van der Waals surface area contributed by atoms with Crippen LogP contribution in [0.3, 0.4) is 0 Å². The van der Waals surface area contributed by atoms with Crippen molar-refractivity contribution in [2.45, 2.75) is 20.4 Å². The molecule has 0 unspecified atom stereocenters. The van der Waals surface area contributed by atoms with E-state index >= 15 is 0 Å². The minimum absolute atomic E-state index is 0.625. The Morgan fingerprint density at radius 3 is 2.79 bits per heavy atom. The van der Waals surface area contributed by atoms with Crippen LogP contribution < -0.4 is 5.32 Å². The second-order valence-electron chi connectivity index (χ2n) is 4.38. The fourth-order valence-electron chi connectivity index (χ4n) is 1.84. The lowest BCUT2D eigenvalue weighted by atomic mass is 10.4. The fourth-order valence-corrected chi connectivity index (χ4v) is 2.76. The number of anilines is 1. The largest absolute Gasteiger partial charge is 0.356 e. The molecule has 0 spiro atoms. The summed E-state index contributed by atoms with van der Waals surface area (Å²) in [7, 11) is 1.91. The van der Waals surface area contributed by atoms with Crippen LogP contribution in [-0.4, -0.2) is 24.7 Å². The number of aryl methyl sites for hydroxylation is 3. The SMILES string of the molecule is Cc1cnc(CNc2nc3c(s2)c(C)nn3C)cn1. The summed E-state index contributed by atoms with van der Waals surface area (Å²) in [5.74, 6) is 0. The van der Waals surface area contributed by atoms with Gasteiger partial charge in [-0.05, 0) is 13.8 Å². The molecule has 3 aromatic heterocycles. The van der Waals surface area contributed by atoms with Crippen LogP contribution in [0.1, 0.15) is 17.1 Å². The van der Waals surface area contributed by atoms with Gasteiger partial charge in [-0.1, -0.05) is 11.3 Å². The molecule has 0 radical (unpaired) electrons. The third-order valence-electron chi connectivity index (χ3n) is 2.80. The van der Waals surface area contributed by atoms with Crippen molar-refractivity contribution in [3.8, 4) is 0 Å². The first-order chi connectivity index (χ1) is 9.13. The smallest absolute Gasteiger partial charge is 0.185 e. The van der Waals surface area contributed by atoms with E-state index in [0.717, 1.165) is 32.6 Å². The Bertz CT molecular complexity index is 677. The molecule has 0 aliphatic rings. The van der Waals surface area contributed by atoms with Crippen molar-refractivity contribution < 1.29 is 0 Å². The number of aromatic nitrogens is 5. The number of fused-ring (bicyclic) bond motifs is 1. The molecule has 0 amide bonds. The number of nitrogens with one attached hydrogen (secondary N) is 1. The number of rotatable bonds is 3. The first kappa shape index (κ1) is 12.0. The molecular weight excluding hydrogens is 260 g/mol. The maximum atomic E-state index is 4.53. The Balaban J connectivity index is 1.78. The molecule has 0 aliphatic heterocycles. The molecule has 7 heteroatoms.